The second-order valence-corrected chi connectivity index (χ2v) is 23.0. The first-order valence-electron chi connectivity index (χ1n) is 25.0. The zero-order chi connectivity index (χ0) is 49.1. The number of nitro groups is 1. The van der Waals surface area contributed by atoms with E-state index in [9.17, 15) is 28.4 Å². The molecular weight excluding hydrogens is 911 g/mol. The number of nitrogens with one attached hydrogen (secondary N) is 3. The van der Waals surface area contributed by atoms with Crippen LogP contribution < -0.4 is 29.1 Å². The number of likely N-dealkylation sites (tertiary alicyclic amines) is 1. The van der Waals surface area contributed by atoms with E-state index >= 15 is 0 Å². The van der Waals surface area contributed by atoms with Gasteiger partial charge >= 0.3 is 0 Å². The van der Waals surface area contributed by atoms with Crippen molar-refractivity contribution in [3.05, 3.63) is 99.7 Å². The Kier molecular flexibility index (Phi) is 12.7. The monoisotopic (exact) mass is 975 g/mol. The highest BCUT2D eigenvalue weighted by Crippen LogP contribution is 2.54. The summed E-state index contributed by atoms with van der Waals surface area (Å²) in [5.41, 5.74) is 3.36. The van der Waals surface area contributed by atoms with E-state index < -0.39 is 37.0 Å². The van der Waals surface area contributed by atoms with Crippen LogP contribution in [0.2, 0.25) is 0 Å². The highest BCUT2D eigenvalue weighted by Gasteiger charge is 2.50. The predicted molar refractivity (Wildman–Crippen MR) is 268 cm³/mol. The molecule has 372 valence electrons. The third-order valence-corrected chi connectivity index (χ3v) is 17.0. The SMILES string of the molecule is CC(C)Oc1nc2[nH]ccc2cc1Oc1cc(N2CCC3(CC2)CC(N2CCC[C@@H]2c2ccccc2C(C)C)C3)ccc1C(=O)NS(=O)(=O)c1cc2c(c([N+](=O)[O-])c1)N[C@@H](C1CCC(C)(O)CC1)CO2. The quantitative estimate of drug-likeness (QED) is 0.0642. The Hall–Kier alpha value is -5.91. The largest absolute Gasteiger partial charge is 0.489 e. The van der Waals surface area contributed by atoms with E-state index in [0.717, 1.165) is 49.6 Å². The summed E-state index contributed by atoms with van der Waals surface area (Å²) in [5, 5.41) is 26.9. The highest BCUT2D eigenvalue weighted by molar-refractivity contribution is 7.90. The summed E-state index contributed by atoms with van der Waals surface area (Å²) in [6, 6.07) is 20.6. The molecule has 2 aliphatic carbocycles. The molecule has 5 aromatic rings. The van der Waals surface area contributed by atoms with Crippen LogP contribution >= 0.6 is 0 Å². The van der Waals surface area contributed by atoms with Crippen LogP contribution in [0.5, 0.6) is 23.1 Å². The Bertz CT molecular complexity index is 2890. The summed E-state index contributed by atoms with van der Waals surface area (Å²) in [4.78, 5) is 38.5. The molecule has 0 radical (unpaired) electrons. The van der Waals surface area contributed by atoms with Gasteiger partial charge in [0.1, 0.15) is 18.0 Å². The van der Waals surface area contributed by atoms with E-state index in [1.807, 2.05) is 32.9 Å². The van der Waals surface area contributed by atoms with Crippen LogP contribution in [0.1, 0.15) is 132 Å². The van der Waals surface area contributed by atoms with E-state index in [1.54, 1.807) is 24.4 Å². The van der Waals surface area contributed by atoms with Gasteiger partial charge in [0.25, 0.3) is 27.5 Å². The summed E-state index contributed by atoms with van der Waals surface area (Å²) < 4.78 is 49.1. The van der Waals surface area contributed by atoms with Gasteiger partial charge in [0.05, 0.1) is 33.1 Å². The Labute approximate surface area is 409 Å². The van der Waals surface area contributed by atoms with Crippen LogP contribution in [-0.2, 0) is 10.0 Å². The number of fused-ring (bicyclic) bond motifs is 2. The van der Waals surface area contributed by atoms with Gasteiger partial charge in [0.2, 0.25) is 0 Å². The number of carbonyl (C=O) groups excluding carboxylic acids is 1. The molecule has 10 rings (SSSR count). The maximum absolute atomic E-state index is 14.3. The second-order valence-electron chi connectivity index (χ2n) is 21.3. The smallest absolute Gasteiger partial charge is 0.297 e. The third kappa shape index (κ3) is 9.51. The van der Waals surface area contributed by atoms with Crippen LogP contribution in [0, 0.1) is 21.4 Å². The van der Waals surface area contributed by atoms with E-state index in [0.29, 0.717) is 49.3 Å². The lowest BCUT2D eigenvalue weighted by molar-refractivity contribution is -0.384. The number of amides is 1. The van der Waals surface area contributed by atoms with Crippen LogP contribution in [0.3, 0.4) is 0 Å². The van der Waals surface area contributed by atoms with Gasteiger partial charge in [-0.2, -0.15) is 4.98 Å². The molecule has 3 aliphatic heterocycles. The van der Waals surface area contributed by atoms with Crippen molar-refractivity contribution < 1.29 is 37.5 Å². The lowest BCUT2D eigenvalue weighted by atomic mass is 9.59. The van der Waals surface area contributed by atoms with Crippen LogP contribution in [0.15, 0.2) is 77.8 Å². The average molecular weight is 976 g/mol. The van der Waals surface area contributed by atoms with E-state index in [4.69, 9.17) is 14.2 Å². The lowest BCUT2D eigenvalue weighted by Crippen LogP contribution is -2.54. The molecule has 2 atom stereocenters. The number of sulfonamides is 1. The number of rotatable bonds is 13. The molecule has 17 heteroatoms. The minimum atomic E-state index is -4.71. The van der Waals surface area contributed by atoms with Gasteiger partial charge in [-0.05, 0) is 144 Å². The summed E-state index contributed by atoms with van der Waals surface area (Å²) in [6.07, 6.45) is 10.9. The molecule has 3 aromatic carbocycles. The molecule has 5 aliphatic rings. The lowest BCUT2D eigenvalue weighted by Gasteiger charge is -2.56. The van der Waals surface area contributed by atoms with Crippen molar-refractivity contribution >= 4 is 44.0 Å². The maximum Gasteiger partial charge on any atom is 0.297 e. The summed E-state index contributed by atoms with van der Waals surface area (Å²) >= 11 is 0. The van der Waals surface area contributed by atoms with Gasteiger partial charge in [-0.3, -0.25) is 19.8 Å². The molecule has 5 heterocycles. The molecular formula is C53H65N7O9S. The molecule has 0 unspecified atom stereocenters. The number of hydrogen-bond acceptors (Lipinski definition) is 13. The number of pyridine rings is 1. The Morgan fingerprint density at radius 3 is 2.46 bits per heavy atom. The van der Waals surface area contributed by atoms with Crippen molar-refractivity contribution in [3.63, 3.8) is 0 Å². The molecule has 1 amide bonds. The van der Waals surface area contributed by atoms with Gasteiger partial charge < -0.3 is 34.5 Å². The Morgan fingerprint density at radius 1 is 0.971 bits per heavy atom. The third-order valence-electron chi connectivity index (χ3n) is 15.7. The number of piperidine rings is 1. The van der Waals surface area contributed by atoms with Crippen LogP contribution in [0.4, 0.5) is 17.1 Å². The minimum absolute atomic E-state index is 0.00632. The van der Waals surface area contributed by atoms with Gasteiger partial charge in [0, 0.05) is 60.6 Å². The highest BCUT2D eigenvalue weighted by atomic mass is 32.2. The number of aliphatic hydroxyl groups is 1. The normalized spacial score (nSPS) is 23.7. The molecule has 2 saturated heterocycles. The Balaban J connectivity index is 0.888. The number of aromatic amines is 1. The van der Waals surface area contributed by atoms with Crippen molar-refractivity contribution in [2.24, 2.45) is 11.3 Å². The minimum Gasteiger partial charge on any atom is -0.489 e. The van der Waals surface area contributed by atoms with Crippen molar-refractivity contribution in [2.45, 2.75) is 139 Å². The maximum atomic E-state index is 14.3. The molecule has 4 fully saturated rings. The van der Waals surface area contributed by atoms with Gasteiger partial charge in [-0.1, -0.05) is 38.1 Å². The van der Waals surface area contributed by atoms with Gasteiger partial charge in [0.15, 0.2) is 17.2 Å². The fourth-order valence-corrected chi connectivity index (χ4v) is 12.8. The van der Waals surface area contributed by atoms with Crippen LogP contribution in [0.25, 0.3) is 11.0 Å². The first kappa shape index (κ1) is 47.8. The van der Waals surface area contributed by atoms with Crippen molar-refractivity contribution in [2.75, 3.05) is 36.5 Å². The fraction of sp³-hybridized carbons (Fsp3) is 0.509. The number of nitrogens with zero attached hydrogens (tertiary/aromatic N) is 4. The summed E-state index contributed by atoms with van der Waals surface area (Å²) in [6.45, 7) is 13.0. The zero-order valence-electron chi connectivity index (χ0n) is 40.7. The first-order chi connectivity index (χ1) is 33.4. The summed E-state index contributed by atoms with van der Waals surface area (Å²) in [7, 11) is -4.71. The zero-order valence-corrected chi connectivity index (χ0v) is 41.5. The number of anilines is 2. The Morgan fingerprint density at radius 2 is 1.73 bits per heavy atom. The predicted octanol–water partition coefficient (Wildman–Crippen LogP) is 9.99. The molecule has 2 aromatic heterocycles. The number of H-pyrrole nitrogens is 1. The molecule has 1 spiro atoms. The molecule has 2 saturated carbocycles. The van der Waals surface area contributed by atoms with Gasteiger partial charge in [-0.25, -0.2) is 13.1 Å². The van der Waals surface area contributed by atoms with Crippen molar-refractivity contribution in [3.8, 4) is 23.1 Å². The van der Waals surface area contributed by atoms with E-state index in [2.05, 4.69) is 67.9 Å². The number of nitro benzene ring substituents is 1. The second kappa shape index (κ2) is 18.7. The van der Waals surface area contributed by atoms with Crippen LogP contribution in [-0.4, -0.2) is 89.3 Å². The first-order valence-corrected chi connectivity index (χ1v) is 26.5. The van der Waals surface area contributed by atoms with E-state index in [1.165, 1.54) is 42.9 Å². The average Bonchev–Trinajstić information content (AvgIpc) is 4.00. The number of hydrogen-bond donors (Lipinski definition) is 4. The number of benzene rings is 3. The number of carbonyl (C=O) groups is 1. The van der Waals surface area contributed by atoms with E-state index in [-0.39, 0.29) is 64.5 Å². The van der Waals surface area contributed by atoms with Gasteiger partial charge in [-0.15, -0.1) is 0 Å². The van der Waals surface area contributed by atoms with Crippen molar-refractivity contribution in [1.82, 2.24) is 19.6 Å². The van der Waals surface area contributed by atoms with Crippen molar-refractivity contribution in [1.29, 1.82) is 0 Å². The summed E-state index contributed by atoms with van der Waals surface area (Å²) in [5.74, 6) is 0.0839. The number of aromatic nitrogens is 2. The standard InChI is InChI=1S/C53H65N7O9S/c1-32(2)39-9-6-7-10-40(39)43-11-8-22-59(43)37-29-53(30-37)19-23-58(24-20-53)36-12-13-41(45(26-36)69-47-25-35-16-21-54-49(35)56-51(47)68-33(3)4)50(61)57-70(65,66)38-27-44(60(63)64)48-46(28-38)67-31-42(55-48)34-14-17-52(5,62)18-15-34/h6-7,9-10,12-13,16,21,25-28,32-34,37,42-43,55,62H,8,11,14-15,17-20,22-24,29-31H2,1-5H3,(H,54,56)(H,57,61)/t34?,42-,43-,52?/m1/s1. The molecule has 0 bridgehead atoms. The molecule has 4 N–H and O–H groups in total. The topological polar surface area (TPSA) is 201 Å². The molecule has 70 heavy (non-hydrogen) atoms. The number of ether oxygens (including phenoxy) is 3. The fourth-order valence-electron chi connectivity index (χ4n) is 11.8. The molecule has 16 nitrogen and oxygen atoms in total.